The molecular weight excluding hydrogens is 283 g/mol. The van der Waals surface area contributed by atoms with Crippen molar-refractivity contribution >= 4 is 35.7 Å². The summed E-state index contributed by atoms with van der Waals surface area (Å²) in [5.74, 6) is 0. The number of halogens is 2. The molecule has 1 aromatic carbocycles. The minimum Gasteiger partial charge on any atom is -0.385 e. The van der Waals surface area contributed by atoms with Crippen molar-refractivity contribution < 1.29 is 5.11 Å². The lowest BCUT2D eigenvalue weighted by Crippen LogP contribution is -2.20. The van der Waals surface area contributed by atoms with Gasteiger partial charge in [0.1, 0.15) is 6.10 Å². The molecule has 0 amide bonds. The molecule has 0 radical (unpaired) electrons. The van der Waals surface area contributed by atoms with Crippen LogP contribution in [0.25, 0.3) is 10.9 Å². The van der Waals surface area contributed by atoms with E-state index < -0.39 is 6.10 Å². The van der Waals surface area contributed by atoms with Crippen LogP contribution in [0.4, 0.5) is 0 Å². The lowest BCUT2D eigenvalue weighted by Gasteiger charge is -2.14. The first kappa shape index (κ1) is 16.2. The van der Waals surface area contributed by atoms with E-state index in [4.69, 9.17) is 0 Å². The number of benzene rings is 1. The van der Waals surface area contributed by atoms with E-state index in [0.29, 0.717) is 6.54 Å². The van der Waals surface area contributed by atoms with Crippen LogP contribution in [-0.4, -0.2) is 23.2 Å². The molecule has 1 aliphatic heterocycles. The van der Waals surface area contributed by atoms with Crippen molar-refractivity contribution in [3.8, 4) is 0 Å². The first-order valence-corrected chi connectivity index (χ1v) is 6.04. The van der Waals surface area contributed by atoms with Gasteiger partial charge in [-0.2, -0.15) is 0 Å². The van der Waals surface area contributed by atoms with Crippen LogP contribution in [0.2, 0.25) is 0 Å². The number of β-amino-alcohol motifs (C(OH)–C–C–N with tert-alkyl or cyclic N) is 1. The van der Waals surface area contributed by atoms with E-state index >= 15 is 0 Å². The molecule has 0 fully saturated rings. The van der Waals surface area contributed by atoms with Gasteiger partial charge in [-0.25, -0.2) is 4.98 Å². The second-order valence-corrected chi connectivity index (χ2v) is 4.59. The molecule has 5 heteroatoms. The highest BCUT2D eigenvalue weighted by atomic mass is 35.5. The smallest absolute Gasteiger partial charge is 0.109 e. The van der Waals surface area contributed by atoms with Crippen LogP contribution in [0, 0.1) is 6.92 Å². The number of pyridine rings is 1. The Morgan fingerprint density at radius 2 is 2.00 bits per heavy atom. The number of aromatic nitrogens is 1. The van der Waals surface area contributed by atoms with Gasteiger partial charge >= 0.3 is 0 Å². The maximum atomic E-state index is 10.1. The molecule has 0 spiro atoms. The predicted molar refractivity (Wildman–Crippen MR) is 82.5 cm³/mol. The van der Waals surface area contributed by atoms with Crippen molar-refractivity contribution in [3.05, 3.63) is 41.1 Å². The van der Waals surface area contributed by atoms with E-state index in [-0.39, 0.29) is 24.8 Å². The standard InChI is InChI=1S/C14H16N2O.2ClH/c1-9-10-4-2-3-5-12(10)16-14-11(9)6-7-15-8-13(14)17;;/h2-5,13,15,17H,6-8H2,1H3;2*1H. The summed E-state index contributed by atoms with van der Waals surface area (Å²) in [5.41, 5.74) is 4.30. The van der Waals surface area contributed by atoms with Crippen LogP contribution >= 0.6 is 24.8 Å². The van der Waals surface area contributed by atoms with Crippen molar-refractivity contribution in [1.82, 2.24) is 10.3 Å². The molecule has 0 aliphatic carbocycles. The van der Waals surface area contributed by atoms with E-state index in [1.54, 1.807) is 0 Å². The van der Waals surface area contributed by atoms with Crippen LogP contribution in [0.1, 0.15) is 22.9 Å². The van der Waals surface area contributed by atoms with E-state index in [1.165, 1.54) is 16.5 Å². The van der Waals surface area contributed by atoms with Gasteiger partial charge in [-0.3, -0.25) is 0 Å². The summed E-state index contributed by atoms with van der Waals surface area (Å²) in [6.07, 6.45) is 0.451. The second kappa shape index (κ2) is 6.53. The summed E-state index contributed by atoms with van der Waals surface area (Å²) >= 11 is 0. The van der Waals surface area contributed by atoms with Crippen LogP contribution < -0.4 is 5.32 Å². The minimum atomic E-state index is -0.490. The van der Waals surface area contributed by atoms with Gasteiger partial charge in [0, 0.05) is 11.9 Å². The summed E-state index contributed by atoms with van der Waals surface area (Å²) in [4.78, 5) is 4.63. The predicted octanol–water partition coefficient (Wildman–Crippen LogP) is 2.57. The van der Waals surface area contributed by atoms with Gasteiger partial charge in [0.05, 0.1) is 11.2 Å². The molecule has 0 saturated carbocycles. The van der Waals surface area contributed by atoms with Gasteiger partial charge in [0.15, 0.2) is 0 Å². The highest BCUT2D eigenvalue weighted by Gasteiger charge is 2.20. The quantitative estimate of drug-likeness (QED) is 0.786. The van der Waals surface area contributed by atoms with Crippen LogP contribution in [0.3, 0.4) is 0 Å². The van der Waals surface area contributed by atoms with Crippen molar-refractivity contribution in [3.63, 3.8) is 0 Å². The van der Waals surface area contributed by atoms with Gasteiger partial charge in [0.25, 0.3) is 0 Å². The molecule has 3 rings (SSSR count). The van der Waals surface area contributed by atoms with Crippen molar-refractivity contribution in [1.29, 1.82) is 0 Å². The number of hydrogen-bond acceptors (Lipinski definition) is 3. The first-order chi connectivity index (χ1) is 8.27. The van der Waals surface area contributed by atoms with Crippen LogP contribution in [0.15, 0.2) is 24.3 Å². The Balaban J connectivity index is 0.000000902. The summed E-state index contributed by atoms with van der Waals surface area (Å²) in [6, 6.07) is 8.13. The summed E-state index contributed by atoms with van der Waals surface area (Å²) in [7, 11) is 0. The van der Waals surface area contributed by atoms with Gasteiger partial charge < -0.3 is 10.4 Å². The molecule has 0 saturated heterocycles. The van der Waals surface area contributed by atoms with Gasteiger partial charge in [-0.1, -0.05) is 18.2 Å². The molecular formula is C14H18Cl2N2O. The number of rotatable bonds is 0. The lowest BCUT2D eigenvalue weighted by molar-refractivity contribution is 0.173. The van der Waals surface area contributed by atoms with Crippen LogP contribution in [-0.2, 0) is 6.42 Å². The molecule has 104 valence electrons. The fraction of sp³-hybridized carbons (Fsp3) is 0.357. The lowest BCUT2D eigenvalue weighted by atomic mass is 9.98. The normalized spacial score (nSPS) is 17.9. The third kappa shape index (κ3) is 2.84. The van der Waals surface area contributed by atoms with Crippen molar-refractivity contribution in [2.75, 3.05) is 13.1 Å². The number of para-hydroxylation sites is 1. The Labute approximate surface area is 125 Å². The zero-order valence-electron chi connectivity index (χ0n) is 10.7. The minimum absolute atomic E-state index is 0. The number of aliphatic hydroxyl groups excluding tert-OH is 1. The largest absolute Gasteiger partial charge is 0.385 e. The summed E-state index contributed by atoms with van der Waals surface area (Å²) in [6.45, 7) is 3.63. The molecule has 0 bridgehead atoms. The molecule has 3 nitrogen and oxygen atoms in total. The maximum Gasteiger partial charge on any atom is 0.109 e. The maximum absolute atomic E-state index is 10.1. The fourth-order valence-electron chi connectivity index (χ4n) is 2.58. The van der Waals surface area contributed by atoms with Gasteiger partial charge in [0.2, 0.25) is 0 Å². The van der Waals surface area contributed by atoms with Crippen molar-refractivity contribution in [2.45, 2.75) is 19.4 Å². The number of nitrogens with zero attached hydrogens (tertiary/aromatic N) is 1. The highest BCUT2D eigenvalue weighted by Crippen LogP contribution is 2.27. The molecule has 1 aliphatic rings. The summed E-state index contributed by atoms with van der Waals surface area (Å²) in [5, 5.41) is 14.5. The second-order valence-electron chi connectivity index (χ2n) is 4.59. The van der Waals surface area contributed by atoms with E-state index in [9.17, 15) is 5.11 Å². The van der Waals surface area contributed by atoms with Crippen molar-refractivity contribution in [2.24, 2.45) is 0 Å². The topological polar surface area (TPSA) is 45.2 Å². The third-order valence-corrected chi connectivity index (χ3v) is 3.52. The van der Waals surface area contributed by atoms with E-state index in [1.807, 2.05) is 18.2 Å². The average Bonchev–Trinajstić information content (AvgIpc) is 2.53. The Morgan fingerprint density at radius 1 is 1.26 bits per heavy atom. The van der Waals surface area contributed by atoms with E-state index in [2.05, 4.69) is 23.3 Å². The van der Waals surface area contributed by atoms with Crippen LogP contribution in [0.5, 0.6) is 0 Å². The Morgan fingerprint density at radius 3 is 2.79 bits per heavy atom. The molecule has 2 N–H and O–H groups in total. The average molecular weight is 301 g/mol. The van der Waals surface area contributed by atoms with Gasteiger partial charge in [-0.15, -0.1) is 24.8 Å². The fourth-order valence-corrected chi connectivity index (χ4v) is 2.58. The Hall–Kier alpha value is -0.870. The molecule has 2 aromatic rings. The molecule has 1 unspecified atom stereocenters. The molecule has 2 heterocycles. The highest BCUT2D eigenvalue weighted by molar-refractivity contribution is 5.85. The first-order valence-electron chi connectivity index (χ1n) is 6.04. The number of hydrogen-bond donors (Lipinski definition) is 2. The number of aliphatic hydroxyl groups is 1. The SMILES string of the molecule is Cc1c2c(nc3ccccc13)C(O)CNCC2.Cl.Cl. The zero-order valence-corrected chi connectivity index (χ0v) is 12.4. The number of nitrogens with one attached hydrogen (secondary N) is 1. The third-order valence-electron chi connectivity index (χ3n) is 3.52. The Kier molecular flexibility index (Phi) is 5.56. The Bertz CT molecular complexity index is 575. The molecule has 1 atom stereocenters. The number of aryl methyl sites for hydroxylation is 1. The number of fused-ring (bicyclic) bond motifs is 2. The van der Waals surface area contributed by atoms with E-state index in [0.717, 1.165) is 24.2 Å². The zero-order chi connectivity index (χ0) is 11.8. The molecule has 1 aromatic heterocycles. The van der Waals surface area contributed by atoms with Gasteiger partial charge in [-0.05, 0) is 37.1 Å². The monoisotopic (exact) mass is 300 g/mol. The molecule has 19 heavy (non-hydrogen) atoms. The summed E-state index contributed by atoms with van der Waals surface area (Å²) < 4.78 is 0.